The Bertz CT molecular complexity index is 194. The van der Waals surface area contributed by atoms with Gasteiger partial charge in [-0.15, -0.1) is 0 Å². The van der Waals surface area contributed by atoms with Gasteiger partial charge in [0.15, 0.2) is 0 Å². The predicted molar refractivity (Wildman–Crippen MR) is 61.0 cm³/mol. The van der Waals surface area contributed by atoms with Crippen LogP contribution in [0.1, 0.15) is 32.6 Å². The maximum atomic E-state index is 11.7. The minimum Gasteiger partial charge on any atom is -0.383 e. The summed E-state index contributed by atoms with van der Waals surface area (Å²) in [6.45, 7) is 5.78. The normalized spacial score (nSPS) is 22.3. The van der Waals surface area contributed by atoms with Crippen LogP contribution in [0.25, 0.3) is 0 Å². The first kappa shape index (κ1) is 12.7. The summed E-state index contributed by atoms with van der Waals surface area (Å²) >= 11 is 0. The molecule has 1 aliphatic carbocycles. The second kappa shape index (κ2) is 6.96. The zero-order chi connectivity index (χ0) is 11.1. The number of nitrogens with zero attached hydrogens (tertiary/aromatic N) is 1. The number of rotatable bonds is 6. The lowest BCUT2D eigenvalue weighted by molar-refractivity contribution is -0.125. The maximum Gasteiger partial charge on any atom is 0.137 e. The van der Waals surface area contributed by atoms with Crippen molar-refractivity contribution in [1.29, 1.82) is 0 Å². The second-order valence-corrected chi connectivity index (χ2v) is 4.30. The van der Waals surface area contributed by atoms with Crippen LogP contribution in [0, 0.1) is 5.92 Å². The van der Waals surface area contributed by atoms with Crippen molar-refractivity contribution in [1.82, 2.24) is 4.90 Å². The van der Waals surface area contributed by atoms with E-state index in [0.717, 1.165) is 45.5 Å². The van der Waals surface area contributed by atoms with Crippen LogP contribution in [0.15, 0.2) is 0 Å². The molecule has 1 saturated carbocycles. The van der Waals surface area contributed by atoms with Gasteiger partial charge >= 0.3 is 0 Å². The summed E-state index contributed by atoms with van der Waals surface area (Å²) in [5.74, 6) is 0.757. The third-order valence-corrected chi connectivity index (χ3v) is 3.22. The number of ketones is 1. The van der Waals surface area contributed by atoms with Crippen molar-refractivity contribution in [3.63, 3.8) is 0 Å². The summed E-state index contributed by atoms with van der Waals surface area (Å²) in [6.07, 6.45) is 4.20. The van der Waals surface area contributed by atoms with Crippen LogP contribution in [0.2, 0.25) is 0 Å². The van der Waals surface area contributed by atoms with Crippen LogP contribution < -0.4 is 0 Å². The van der Waals surface area contributed by atoms with Crippen molar-refractivity contribution in [2.24, 2.45) is 5.92 Å². The number of hydrogen-bond acceptors (Lipinski definition) is 3. The van der Waals surface area contributed by atoms with Gasteiger partial charge in [-0.05, 0) is 19.4 Å². The topological polar surface area (TPSA) is 29.5 Å². The molecule has 0 spiro atoms. The van der Waals surface area contributed by atoms with Gasteiger partial charge in [0.1, 0.15) is 5.78 Å². The van der Waals surface area contributed by atoms with Crippen LogP contribution in [0.3, 0.4) is 0 Å². The Morgan fingerprint density at radius 1 is 1.47 bits per heavy atom. The Hall–Kier alpha value is -0.410. The highest BCUT2D eigenvalue weighted by Crippen LogP contribution is 2.21. The number of carbonyl (C=O) groups is 1. The van der Waals surface area contributed by atoms with E-state index in [9.17, 15) is 4.79 Å². The van der Waals surface area contributed by atoms with Crippen LogP contribution >= 0.6 is 0 Å². The lowest BCUT2D eigenvalue weighted by atomic mass is 9.87. The molecule has 1 unspecified atom stereocenters. The Morgan fingerprint density at radius 3 is 2.87 bits per heavy atom. The molecule has 88 valence electrons. The molecule has 0 bridgehead atoms. The van der Waals surface area contributed by atoms with E-state index in [1.807, 2.05) is 0 Å². The predicted octanol–water partition coefficient (Wildman–Crippen LogP) is 1.71. The highest BCUT2D eigenvalue weighted by Gasteiger charge is 2.23. The SMILES string of the molecule is CCN(CCOC)CC1CCCCC1=O. The summed E-state index contributed by atoms with van der Waals surface area (Å²) in [7, 11) is 1.72. The van der Waals surface area contributed by atoms with Crippen LogP contribution in [0.4, 0.5) is 0 Å². The van der Waals surface area contributed by atoms with E-state index in [1.54, 1.807) is 7.11 Å². The molecule has 0 aromatic carbocycles. The van der Waals surface area contributed by atoms with E-state index >= 15 is 0 Å². The molecular weight excluding hydrogens is 190 g/mol. The first-order valence-electron chi connectivity index (χ1n) is 6.02. The molecule has 0 radical (unpaired) electrons. The molecule has 0 amide bonds. The molecule has 1 aliphatic rings. The highest BCUT2D eigenvalue weighted by molar-refractivity contribution is 5.81. The average molecular weight is 213 g/mol. The number of Topliss-reactive ketones (excluding diaryl/α,β-unsaturated/α-hetero) is 1. The van der Waals surface area contributed by atoms with E-state index in [0.29, 0.717) is 5.78 Å². The molecule has 0 N–H and O–H groups in total. The van der Waals surface area contributed by atoms with E-state index in [2.05, 4.69) is 11.8 Å². The van der Waals surface area contributed by atoms with Crippen molar-refractivity contribution in [2.75, 3.05) is 33.4 Å². The monoisotopic (exact) mass is 213 g/mol. The largest absolute Gasteiger partial charge is 0.383 e. The molecule has 0 heterocycles. The molecule has 0 aliphatic heterocycles. The van der Waals surface area contributed by atoms with Crippen molar-refractivity contribution in [2.45, 2.75) is 32.6 Å². The quantitative estimate of drug-likeness (QED) is 0.673. The second-order valence-electron chi connectivity index (χ2n) is 4.30. The van der Waals surface area contributed by atoms with Gasteiger partial charge in [-0.3, -0.25) is 4.79 Å². The number of likely N-dealkylation sites (N-methyl/N-ethyl adjacent to an activating group) is 1. The minimum atomic E-state index is 0.288. The number of hydrogen-bond donors (Lipinski definition) is 0. The molecule has 3 nitrogen and oxygen atoms in total. The number of methoxy groups -OCH3 is 1. The minimum absolute atomic E-state index is 0.288. The zero-order valence-corrected chi connectivity index (χ0v) is 10.00. The summed E-state index contributed by atoms with van der Waals surface area (Å²) in [6, 6.07) is 0. The van der Waals surface area contributed by atoms with Gasteiger partial charge in [0.25, 0.3) is 0 Å². The van der Waals surface area contributed by atoms with Gasteiger partial charge in [0.2, 0.25) is 0 Å². The zero-order valence-electron chi connectivity index (χ0n) is 10.00. The maximum absolute atomic E-state index is 11.7. The van der Waals surface area contributed by atoms with Crippen molar-refractivity contribution >= 4 is 5.78 Å². The van der Waals surface area contributed by atoms with Crippen LogP contribution in [-0.4, -0.2) is 44.0 Å². The average Bonchev–Trinajstić information content (AvgIpc) is 2.26. The fourth-order valence-electron chi connectivity index (χ4n) is 2.16. The lowest BCUT2D eigenvalue weighted by Crippen LogP contribution is -2.36. The molecule has 1 rings (SSSR count). The Kier molecular flexibility index (Phi) is 5.88. The molecule has 0 aromatic rings. The summed E-state index contributed by atoms with van der Waals surface area (Å²) < 4.78 is 5.06. The van der Waals surface area contributed by atoms with Crippen molar-refractivity contribution in [3.8, 4) is 0 Å². The number of ether oxygens (including phenoxy) is 1. The third-order valence-electron chi connectivity index (χ3n) is 3.22. The van der Waals surface area contributed by atoms with Crippen molar-refractivity contribution < 1.29 is 9.53 Å². The van der Waals surface area contributed by atoms with Gasteiger partial charge in [0.05, 0.1) is 6.61 Å². The summed E-state index contributed by atoms with van der Waals surface area (Å²) in [5, 5.41) is 0. The van der Waals surface area contributed by atoms with Gasteiger partial charge < -0.3 is 9.64 Å². The van der Waals surface area contributed by atoms with Gasteiger partial charge in [0, 0.05) is 32.5 Å². The van der Waals surface area contributed by atoms with Gasteiger partial charge in [-0.1, -0.05) is 13.3 Å². The first-order chi connectivity index (χ1) is 7.27. The molecule has 1 atom stereocenters. The van der Waals surface area contributed by atoms with E-state index in [1.165, 1.54) is 6.42 Å². The summed E-state index contributed by atoms with van der Waals surface area (Å²) in [5.41, 5.74) is 0. The molecule has 0 aromatic heterocycles. The van der Waals surface area contributed by atoms with Gasteiger partial charge in [-0.2, -0.15) is 0 Å². The Balaban J connectivity index is 2.32. The smallest absolute Gasteiger partial charge is 0.137 e. The van der Waals surface area contributed by atoms with Gasteiger partial charge in [-0.25, -0.2) is 0 Å². The fraction of sp³-hybridized carbons (Fsp3) is 0.917. The van der Waals surface area contributed by atoms with E-state index in [-0.39, 0.29) is 5.92 Å². The van der Waals surface area contributed by atoms with Crippen molar-refractivity contribution in [3.05, 3.63) is 0 Å². The molecule has 1 fully saturated rings. The standard InChI is InChI=1S/C12H23NO2/c1-3-13(8-9-15-2)10-11-6-4-5-7-12(11)14/h11H,3-10H2,1-2H3. The Morgan fingerprint density at radius 2 is 2.27 bits per heavy atom. The molecular formula is C12H23NO2. The first-order valence-corrected chi connectivity index (χ1v) is 6.02. The Labute approximate surface area is 92.8 Å². The van der Waals surface area contributed by atoms with Crippen LogP contribution in [0.5, 0.6) is 0 Å². The molecule has 0 saturated heterocycles. The third kappa shape index (κ3) is 4.31. The fourth-order valence-corrected chi connectivity index (χ4v) is 2.16. The number of carbonyl (C=O) groups excluding carboxylic acids is 1. The molecule has 3 heteroatoms. The molecule has 15 heavy (non-hydrogen) atoms. The van der Waals surface area contributed by atoms with Crippen LogP contribution in [-0.2, 0) is 9.53 Å². The van der Waals surface area contributed by atoms with E-state index in [4.69, 9.17) is 4.74 Å². The highest BCUT2D eigenvalue weighted by atomic mass is 16.5. The summed E-state index contributed by atoms with van der Waals surface area (Å²) in [4.78, 5) is 14.0. The lowest BCUT2D eigenvalue weighted by Gasteiger charge is -2.27. The van der Waals surface area contributed by atoms with E-state index < -0.39 is 0 Å².